The van der Waals surface area contributed by atoms with Crippen molar-refractivity contribution in [1.82, 2.24) is 0 Å². The van der Waals surface area contributed by atoms with Gasteiger partial charge in [-0.05, 0) is 0 Å². The van der Waals surface area contributed by atoms with Gasteiger partial charge in [-0.3, -0.25) is 0 Å². The average Bonchev–Trinajstić information content (AvgIpc) is 2.50. The van der Waals surface area contributed by atoms with E-state index in [4.69, 9.17) is 0 Å². The predicted molar refractivity (Wildman–Crippen MR) is 82.9 cm³/mol. The summed E-state index contributed by atoms with van der Waals surface area (Å²) in [5.41, 5.74) is 0. The minimum atomic E-state index is -0.633. The molecule has 0 atom stereocenters. The van der Waals surface area contributed by atoms with Gasteiger partial charge in [0.2, 0.25) is 13.1 Å². The second-order valence-electron chi connectivity index (χ2n) is 3.29. The number of aromatic nitrogens is 1. The molecular weight excluding hydrogens is 292 g/mol. The van der Waals surface area contributed by atoms with Crippen LogP contribution in [0.25, 0.3) is 0 Å². The Kier molecular flexibility index (Phi) is 15.8. The largest absolute Gasteiger partial charge is 0.384 e. The van der Waals surface area contributed by atoms with Crippen LogP contribution in [0.2, 0.25) is 0 Å². The normalized spacial score (nSPS) is 7.90. The highest BCUT2D eigenvalue weighted by atomic mass is 35.5. The SMILES string of the molecule is C=CC=C.C=[NH+]CC(=O)OC(=O)C[n+]1ccccc1.CCl. The van der Waals surface area contributed by atoms with Crippen LogP contribution in [0.5, 0.6) is 0 Å². The number of carbonyl (C=O) groups excluding carboxylic acids is 2. The molecule has 114 valence electrons. The zero-order valence-electron chi connectivity index (χ0n) is 12.1. The molecule has 0 unspecified atom stereocenters. The number of allylic oxidation sites excluding steroid dienone is 2. The Morgan fingerprint density at radius 2 is 1.67 bits per heavy atom. The third-order valence-corrected chi connectivity index (χ3v) is 1.75. The first-order valence-corrected chi connectivity index (χ1v) is 6.68. The molecule has 0 spiro atoms. The van der Waals surface area contributed by atoms with E-state index in [0.29, 0.717) is 0 Å². The molecule has 5 nitrogen and oxygen atoms in total. The minimum Gasteiger partial charge on any atom is -0.384 e. The van der Waals surface area contributed by atoms with Crippen molar-refractivity contribution in [3.8, 4) is 0 Å². The van der Waals surface area contributed by atoms with Gasteiger partial charge in [0.25, 0.3) is 0 Å². The summed E-state index contributed by atoms with van der Waals surface area (Å²) in [5, 5.41) is 0. The van der Waals surface area contributed by atoms with Crippen molar-refractivity contribution in [1.29, 1.82) is 0 Å². The van der Waals surface area contributed by atoms with Gasteiger partial charge in [0, 0.05) is 18.5 Å². The minimum absolute atomic E-state index is 0.0176. The van der Waals surface area contributed by atoms with E-state index in [9.17, 15) is 9.59 Å². The Hall–Kier alpha value is -2.27. The fourth-order valence-electron chi connectivity index (χ4n) is 0.986. The summed E-state index contributed by atoms with van der Waals surface area (Å²) in [6.45, 7) is 9.91. The number of hydrogen-bond acceptors (Lipinski definition) is 3. The van der Waals surface area contributed by atoms with Crippen LogP contribution in [0.4, 0.5) is 0 Å². The van der Waals surface area contributed by atoms with Gasteiger partial charge < -0.3 is 4.74 Å². The fraction of sp³-hybridized carbons (Fsp3) is 0.200. The van der Waals surface area contributed by atoms with Crippen molar-refractivity contribution in [2.45, 2.75) is 6.54 Å². The molecule has 0 aliphatic heterocycles. The van der Waals surface area contributed by atoms with Gasteiger partial charge in [0.1, 0.15) is 6.72 Å². The Morgan fingerprint density at radius 1 is 1.14 bits per heavy atom. The van der Waals surface area contributed by atoms with E-state index in [2.05, 4.69) is 41.2 Å². The summed E-state index contributed by atoms with van der Waals surface area (Å²) in [5.74, 6) is -1.22. The first kappa shape index (κ1) is 21.0. The first-order chi connectivity index (χ1) is 10.1. The summed E-state index contributed by atoms with van der Waals surface area (Å²) in [6, 6.07) is 5.40. The van der Waals surface area contributed by atoms with Crippen molar-refractivity contribution >= 4 is 30.3 Å². The first-order valence-electron chi connectivity index (χ1n) is 5.92. The monoisotopic (exact) mass is 312 g/mol. The zero-order chi connectivity index (χ0) is 16.5. The molecule has 1 heterocycles. The molecule has 0 saturated carbocycles. The van der Waals surface area contributed by atoms with Crippen molar-refractivity contribution in [3.63, 3.8) is 0 Å². The molecule has 0 saturated heterocycles. The van der Waals surface area contributed by atoms with E-state index in [-0.39, 0.29) is 13.1 Å². The van der Waals surface area contributed by atoms with E-state index in [1.54, 1.807) is 41.2 Å². The smallest absolute Gasteiger partial charge is 0.380 e. The topological polar surface area (TPSA) is 61.2 Å². The van der Waals surface area contributed by atoms with Gasteiger partial charge in [-0.2, -0.15) is 4.57 Å². The maximum Gasteiger partial charge on any atom is 0.380 e. The van der Waals surface area contributed by atoms with Crippen molar-refractivity contribution in [3.05, 3.63) is 55.9 Å². The number of nitrogens with zero attached hydrogens (tertiary/aromatic N) is 1. The summed E-state index contributed by atoms with van der Waals surface area (Å²) in [7, 11) is 0. The van der Waals surface area contributed by atoms with Gasteiger partial charge in [-0.1, -0.05) is 31.4 Å². The molecule has 1 aromatic heterocycles. The number of ether oxygens (including phenoxy) is 1. The van der Waals surface area contributed by atoms with Gasteiger partial charge in [-0.25, -0.2) is 14.6 Å². The van der Waals surface area contributed by atoms with Gasteiger partial charge in [0.05, 0.1) is 0 Å². The number of nitrogens with one attached hydrogen (secondary N) is 1. The molecular formula is C15H21ClN2O3+2. The number of alkyl halides is 1. The van der Waals surface area contributed by atoms with E-state index in [0.717, 1.165) is 0 Å². The van der Waals surface area contributed by atoms with Crippen molar-refractivity contribution in [2.75, 3.05) is 12.9 Å². The van der Waals surface area contributed by atoms with Crippen LogP contribution in [-0.4, -0.2) is 31.6 Å². The van der Waals surface area contributed by atoms with Gasteiger partial charge in [0.15, 0.2) is 12.4 Å². The van der Waals surface area contributed by atoms with Crippen LogP contribution >= 0.6 is 11.6 Å². The highest BCUT2D eigenvalue weighted by Gasteiger charge is 2.15. The second-order valence-corrected chi connectivity index (χ2v) is 3.29. The number of rotatable bonds is 5. The number of pyridine rings is 1. The number of hydrogen-bond donors (Lipinski definition) is 1. The molecule has 21 heavy (non-hydrogen) atoms. The van der Waals surface area contributed by atoms with E-state index in [1.165, 1.54) is 6.38 Å². The number of esters is 2. The average molecular weight is 313 g/mol. The highest BCUT2D eigenvalue weighted by Crippen LogP contribution is 1.81. The van der Waals surface area contributed by atoms with Crippen molar-refractivity contribution < 1.29 is 23.9 Å². The molecule has 0 bridgehead atoms. The Morgan fingerprint density at radius 3 is 2.10 bits per heavy atom. The highest BCUT2D eigenvalue weighted by molar-refractivity contribution is 6.15. The molecule has 0 aliphatic carbocycles. The lowest BCUT2D eigenvalue weighted by molar-refractivity contribution is -0.685. The zero-order valence-corrected chi connectivity index (χ0v) is 12.9. The molecule has 6 heteroatoms. The van der Waals surface area contributed by atoms with Gasteiger partial charge in [-0.15, -0.1) is 11.6 Å². The lowest BCUT2D eigenvalue weighted by atomic mass is 10.5. The van der Waals surface area contributed by atoms with Crippen LogP contribution < -0.4 is 9.56 Å². The summed E-state index contributed by atoms with van der Waals surface area (Å²) < 4.78 is 6.11. The van der Waals surface area contributed by atoms with Crippen LogP contribution in [-0.2, 0) is 20.9 Å². The molecule has 0 aromatic carbocycles. The third kappa shape index (κ3) is 14.0. The second kappa shape index (κ2) is 15.8. The van der Waals surface area contributed by atoms with E-state index < -0.39 is 11.9 Å². The lowest BCUT2D eigenvalue weighted by Gasteiger charge is -1.96. The molecule has 0 fully saturated rings. The quantitative estimate of drug-likeness (QED) is 0.208. The Balaban J connectivity index is 0. The number of carbonyl (C=O) groups is 2. The van der Waals surface area contributed by atoms with E-state index in [1.807, 2.05) is 6.07 Å². The number of halogens is 1. The van der Waals surface area contributed by atoms with Crippen LogP contribution in [0.15, 0.2) is 55.9 Å². The summed E-state index contributed by atoms with van der Waals surface area (Å²) in [4.78, 5) is 24.4. The molecule has 0 aliphatic rings. The molecule has 0 radical (unpaired) electrons. The maximum atomic E-state index is 11.2. The summed E-state index contributed by atoms with van der Waals surface area (Å²) >= 11 is 4.64. The van der Waals surface area contributed by atoms with Gasteiger partial charge >= 0.3 is 11.9 Å². The fourth-order valence-corrected chi connectivity index (χ4v) is 0.986. The van der Waals surface area contributed by atoms with Crippen LogP contribution in [0.3, 0.4) is 0 Å². The standard InChI is InChI=1S/C10H11N2O3.C4H6.CH3Cl/c1-11-7-9(13)15-10(14)8-12-5-3-2-4-6-12;1-3-4-2;1-2/h2-6H,1,7-8H2;3-4H,1-2H2;1H3/q+1;;/p+1. The van der Waals surface area contributed by atoms with E-state index >= 15 is 0 Å². The molecule has 0 amide bonds. The molecule has 1 N–H and O–H groups in total. The molecule has 1 rings (SSSR count). The maximum absolute atomic E-state index is 11.2. The summed E-state index contributed by atoms with van der Waals surface area (Å²) in [6.07, 6.45) is 8.18. The van der Waals surface area contributed by atoms with Crippen molar-refractivity contribution in [2.24, 2.45) is 0 Å². The third-order valence-electron chi connectivity index (χ3n) is 1.75. The van der Waals surface area contributed by atoms with Crippen LogP contribution in [0, 0.1) is 0 Å². The molecule has 1 aromatic rings. The van der Waals surface area contributed by atoms with Crippen LogP contribution in [0.1, 0.15) is 0 Å². The predicted octanol–water partition coefficient (Wildman–Crippen LogP) is 0.0385. The Bertz CT molecular complexity index is 441. The Labute approximate surface area is 130 Å². The lowest BCUT2D eigenvalue weighted by Crippen LogP contribution is -2.68.